The zero-order chi connectivity index (χ0) is 17.6. The highest BCUT2D eigenvalue weighted by Crippen LogP contribution is 2.50. The molecule has 0 N–H and O–H groups in total. The Bertz CT molecular complexity index is 750. The summed E-state index contributed by atoms with van der Waals surface area (Å²) < 4.78 is 5.45. The fourth-order valence-corrected chi connectivity index (χ4v) is 4.92. The Balaban J connectivity index is 1.41. The molecule has 2 amide bonds. The molecule has 1 aliphatic carbocycles. The van der Waals surface area contributed by atoms with Crippen molar-refractivity contribution in [2.75, 3.05) is 0 Å². The van der Waals surface area contributed by atoms with E-state index in [1.807, 2.05) is 0 Å². The van der Waals surface area contributed by atoms with Crippen LogP contribution in [0.3, 0.4) is 0 Å². The summed E-state index contributed by atoms with van der Waals surface area (Å²) >= 11 is 1.34. The smallest absolute Gasteiger partial charge is 0.334 e. The lowest BCUT2D eigenvalue weighted by molar-refractivity contribution is -0.169. The second-order valence-electron chi connectivity index (χ2n) is 6.26. The molecule has 1 aromatic carbocycles. The number of carbonyl (C=O) groups excluding carboxylic acids is 4. The number of amides is 2. The molecular weight excluding hydrogens is 346 g/mol. The van der Waals surface area contributed by atoms with E-state index in [1.165, 1.54) is 23.9 Å². The zero-order valence-corrected chi connectivity index (χ0v) is 14.0. The molecule has 1 saturated heterocycles. The van der Waals surface area contributed by atoms with Gasteiger partial charge in [-0.2, -0.15) is 0 Å². The maximum absolute atomic E-state index is 12.2. The molecule has 25 heavy (non-hydrogen) atoms. The molecular formula is C17H15NO6S. The van der Waals surface area contributed by atoms with E-state index in [9.17, 15) is 19.2 Å². The van der Waals surface area contributed by atoms with E-state index < -0.39 is 33.9 Å². The highest BCUT2D eigenvalue weighted by molar-refractivity contribution is 8.02. The third-order valence-corrected chi connectivity index (χ3v) is 6.14. The van der Waals surface area contributed by atoms with Crippen LogP contribution in [0.25, 0.3) is 0 Å². The zero-order valence-electron chi connectivity index (χ0n) is 13.2. The molecule has 2 heterocycles. The SMILES string of the molecule is O=C(CC1SC2(CCCC2)OC1=O)ON1C(=O)c2ccccc2C1=O. The third-order valence-electron chi connectivity index (χ3n) is 4.57. The lowest BCUT2D eigenvalue weighted by Crippen LogP contribution is -2.34. The van der Waals surface area contributed by atoms with Crippen molar-refractivity contribution in [2.24, 2.45) is 0 Å². The minimum Gasteiger partial charge on any atom is -0.447 e. The summed E-state index contributed by atoms with van der Waals surface area (Å²) in [5.74, 6) is -2.60. The molecule has 7 nitrogen and oxygen atoms in total. The van der Waals surface area contributed by atoms with Crippen LogP contribution in [0.15, 0.2) is 24.3 Å². The first-order valence-corrected chi connectivity index (χ1v) is 8.96. The summed E-state index contributed by atoms with van der Waals surface area (Å²) in [6.07, 6.45) is 3.32. The molecule has 8 heteroatoms. The van der Waals surface area contributed by atoms with Gasteiger partial charge in [-0.1, -0.05) is 29.0 Å². The number of fused-ring (bicyclic) bond motifs is 1. The molecule has 1 unspecified atom stereocenters. The number of hydroxylamine groups is 2. The van der Waals surface area contributed by atoms with E-state index in [-0.39, 0.29) is 17.5 Å². The first kappa shape index (κ1) is 16.1. The van der Waals surface area contributed by atoms with Crippen LogP contribution in [-0.2, 0) is 19.2 Å². The van der Waals surface area contributed by atoms with Crippen LogP contribution in [-0.4, -0.2) is 39.0 Å². The number of carbonyl (C=O) groups is 4. The normalized spacial score (nSPS) is 23.9. The van der Waals surface area contributed by atoms with Crippen molar-refractivity contribution in [2.45, 2.75) is 42.3 Å². The number of benzene rings is 1. The van der Waals surface area contributed by atoms with Gasteiger partial charge >= 0.3 is 11.9 Å². The van der Waals surface area contributed by atoms with Gasteiger partial charge in [-0.3, -0.25) is 14.4 Å². The summed E-state index contributed by atoms with van der Waals surface area (Å²) in [4.78, 5) is 53.0. The Kier molecular flexibility index (Phi) is 3.79. The molecule has 2 aliphatic heterocycles. The Morgan fingerprint density at radius 3 is 2.36 bits per heavy atom. The molecule has 0 aromatic heterocycles. The van der Waals surface area contributed by atoms with E-state index in [0.29, 0.717) is 5.06 Å². The maximum atomic E-state index is 12.2. The average Bonchev–Trinajstić information content (AvgIpc) is 3.23. The lowest BCUT2D eigenvalue weighted by atomic mass is 10.1. The monoisotopic (exact) mass is 361 g/mol. The number of hydrogen-bond donors (Lipinski definition) is 0. The van der Waals surface area contributed by atoms with E-state index in [4.69, 9.17) is 9.57 Å². The molecule has 2 fully saturated rings. The summed E-state index contributed by atoms with van der Waals surface area (Å²) in [7, 11) is 0. The number of thioether (sulfide) groups is 1. The molecule has 1 aromatic rings. The van der Waals surface area contributed by atoms with Crippen molar-refractivity contribution in [1.29, 1.82) is 0 Å². The largest absolute Gasteiger partial charge is 0.447 e. The van der Waals surface area contributed by atoms with Crippen LogP contribution in [0.5, 0.6) is 0 Å². The number of imide groups is 1. The van der Waals surface area contributed by atoms with Gasteiger partial charge in [-0.05, 0) is 37.8 Å². The molecule has 1 saturated carbocycles. The van der Waals surface area contributed by atoms with Gasteiger partial charge in [-0.15, -0.1) is 0 Å². The van der Waals surface area contributed by atoms with Gasteiger partial charge in [0.25, 0.3) is 11.8 Å². The van der Waals surface area contributed by atoms with Gasteiger partial charge in [0.15, 0.2) is 4.93 Å². The van der Waals surface area contributed by atoms with Crippen LogP contribution in [0.4, 0.5) is 0 Å². The highest BCUT2D eigenvalue weighted by atomic mass is 32.2. The lowest BCUT2D eigenvalue weighted by Gasteiger charge is -2.19. The fourth-order valence-electron chi connectivity index (χ4n) is 3.38. The predicted molar refractivity (Wildman–Crippen MR) is 86.3 cm³/mol. The minimum absolute atomic E-state index is 0.194. The molecule has 3 aliphatic rings. The standard InChI is InChI=1S/C17H15NO6S/c19-13(9-12-16(22)23-17(25-12)7-3-4-8-17)24-18-14(20)10-5-1-2-6-11(10)15(18)21/h1-2,5-6,12H,3-4,7-9H2. The van der Waals surface area contributed by atoms with Crippen molar-refractivity contribution in [3.05, 3.63) is 35.4 Å². The van der Waals surface area contributed by atoms with Crippen LogP contribution < -0.4 is 0 Å². The van der Waals surface area contributed by atoms with Crippen molar-refractivity contribution in [3.63, 3.8) is 0 Å². The van der Waals surface area contributed by atoms with Gasteiger partial charge in [0.1, 0.15) is 5.25 Å². The quantitative estimate of drug-likeness (QED) is 0.601. The molecule has 0 radical (unpaired) electrons. The van der Waals surface area contributed by atoms with Crippen molar-refractivity contribution >= 4 is 35.5 Å². The summed E-state index contributed by atoms with van der Waals surface area (Å²) in [5, 5.41) is -0.204. The molecule has 4 rings (SSSR count). The minimum atomic E-state index is -0.806. The van der Waals surface area contributed by atoms with Gasteiger partial charge in [0.2, 0.25) is 0 Å². The second kappa shape index (κ2) is 5.87. The second-order valence-corrected chi connectivity index (χ2v) is 7.81. The first-order valence-electron chi connectivity index (χ1n) is 8.08. The van der Waals surface area contributed by atoms with Crippen molar-refractivity contribution in [1.82, 2.24) is 5.06 Å². The van der Waals surface area contributed by atoms with Crippen LogP contribution in [0, 0.1) is 0 Å². The van der Waals surface area contributed by atoms with E-state index >= 15 is 0 Å². The highest BCUT2D eigenvalue weighted by Gasteiger charge is 2.50. The van der Waals surface area contributed by atoms with E-state index in [0.717, 1.165) is 25.7 Å². The molecule has 1 spiro atoms. The molecule has 0 bridgehead atoms. The summed E-state index contributed by atoms with van der Waals surface area (Å²) in [5.41, 5.74) is 0.389. The van der Waals surface area contributed by atoms with Gasteiger partial charge in [-0.25, -0.2) is 4.79 Å². The first-order chi connectivity index (χ1) is 12.0. The number of nitrogens with zero attached hydrogens (tertiary/aromatic N) is 1. The van der Waals surface area contributed by atoms with Gasteiger partial charge in [0, 0.05) is 0 Å². The molecule has 1 atom stereocenters. The van der Waals surface area contributed by atoms with Crippen molar-refractivity contribution < 1.29 is 28.8 Å². The van der Waals surface area contributed by atoms with Crippen molar-refractivity contribution in [3.8, 4) is 0 Å². The number of rotatable bonds is 3. The Labute approximate surface area is 147 Å². The Morgan fingerprint density at radius 1 is 1.16 bits per heavy atom. The van der Waals surface area contributed by atoms with Crippen LogP contribution in [0.1, 0.15) is 52.8 Å². The maximum Gasteiger partial charge on any atom is 0.334 e. The van der Waals surface area contributed by atoms with Gasteiger partial charge in [0.05, 0.1) is 17.5 Å². The Morgan fingerprint density at radius 2 is 1.76 bits per heavy atom. The topological polar surface area (TPSA) is 90.0 Å². The van der Waals surface area contributed by atoms with E-state index in [1.54, 1.807) is 12.1 Å². The number of hydrogen-bond acceptors (Lipinski definition) is 7. The summed E-state index contributed by atoms with van der Waals surface area (Å²) in [6.45, 7) is 0. The fraction of sp³-hybridized carbons (Fsp3) is 0.412. The van der Waals surface area contributed by atoms with Crippen LogP contribution >= 0.6 is 11.8 Å². The number of esters is 1. The van der Waals surface area contributed by atoms with Gasteiger partial charge < -0.3 is 9.57 Å². The molecule has 130 valence electrons. The number of ether oxygens (including phenoxy) is 1. The summed E-state index contributed by atoms with van der Waals surface area (Å²) in [6, 6.07) is 6.25. The predicted octanol–water partition coefficient (Wildman–Crippen LogP) is 2.06. The third kappa shape index (κ3) is 2.70. The van der Waals surface area contributed by atoms with E-state index in [2.05, 4.69) is 0 Å². The Hall–Kier alpha value is -2.35. The average molecular weight is 361 g/mol. The van der Waals surface area contributed by atoms with Crippen LogP contribution in [0.2, 0.25) is 0 Å².